The summed E-state index contributed by atoms with van der Waals surface area (Å²) in [7, 11) is 0. The van der Waals surface area contributed by atoms with Gasteiger partial charge >= 0.3 is 5.97 Å². The fourth-order valence-electron chi connectivity index (χ4n) is 3.07. The van der Waals surface area contributed by atoms with E-state index in [1.54, 1.807) is 0 Å². The summed E-state index contributed by atoms with van der Waals surface area (Å²) in [6.45, 7) is 4.44. The lowest BCUT2D eigenvalue weighted by Gasteiger charge is -2.05. The average molecular weight is 316 g/mol. The fourth-order valence-corrected chi connectivity index (χ4v) is 3.94. The van der Waals surface area contributed by atoms with E-state index in [9.17, 15) is 9.59 Å². The summed E-state index contributed by atoms with van der Waals surface area (Å²) in [4.78, 5) is 24.0. The van der Waals surface area contributed by atoms with Gasteiger partial charge in [-0.2, -0.15) is 0 Å². The van der Waals surface area contributed by atoms with Gasteiger partial charge < -0.3 is 4.74 Å². The first kappa shape index (κ1) is 15.3. The van der Waals surface area contributed by atoms with Crippen LogP contribution >= 0.6 is 11.8 Å². The van der Waals surface area contributed by atoms with Crippen molar-refractivity contribution in [1.82, 2.24) is 0 Å². The third-order valence-electron chi connectivity index (χ3n) is 4.64. The summed E-state index contributed by atoms with van der Waals surface area (Å²) in [5.74, 6) is 0.685. The number of benzene rings is 1. The van der Waals surface area contributed by atoms with Crippen LogP contribution in [0, 0.1) is 17.3 Å². The standard InChI is InChI=1S/C18H20O3S/c1-18(2)14(10-13-8-9-22-17(13)20)15(18)16(19)21-11-12-6-4-3-5-7-12/h3-7,10,14-15H,8-9,11H2,1-2H3/b13-10+/t14-,15-/m0/s1. The third-order valence-corrected chi connectivity index (χ3v) is 5.57. The van der Waals surface area contributed by atoms with E-state index in [4.69, 9.17) is 4.74 Å². The van der Waals surface area contributed by atoms with Gasteiger partial charge in [0.15, 0.2) is 0 Å². The average Bonchev–Trinajstić information content (AvgIpc) is 2.81. The molecule has 1 aromatic carbocycles. The number of carbonyl (C=O) groups excluding carboxylic acids is 2. The van der Waals surface area contributed by atoms with Crippen LogP contribution in [0.1, 0.15) is 25.8 Å². The lowest BCUT2D eigenvalue weighted by Crippen LogP contribution is -2.10. The monoisotopic (exact) mass is 316 g/mol. The molecule has 1 aromatic rings. The molecule has 1 aliphatic heterocycles. The number of hydrogen-bond acceptors (Lipinski definition) is 4. The van der Waals surface area contributed by atoms with Crippen molar-refractivity contribution in [3.63, 3.8) is 0 Å². The number of hydrogen-bond donors (Lipinski definition) is 0. The number of carbonyl (C=O) groups is 2. The van der Waals surface area contributed by atoms with Crippen LogP contribution in [-0.2, 0) is 20.9 Å². The Morgan fingerprint density at radius 3 is 2.73 bits per heavy atom. The summed E-state index contributed by atoms with van der Waals surface area (Å²) < 4.78 is 5.45. The molecular formula is C18H20O3S. The van der Waals surface area contributed by atoms with E-state index >= 15 is 0 Å². The van der Waals surface area contributed by atoms with Crippen molar-refractivity contribution in [1.29, 1.82) is 0 Å². The zero-order valence-electron chi connectivity index (χ0n) is 12.9. The van der Waals surface area contributed by atoms with Gasteiger partial charge in [-0.3, -0.25) is 9.59 Å². The van der Waals surface area contributed by atoms with Gasteiger partial charge in [0.05, 0.1) is 5.92 Å². The zero-order valence-corrected chi connectivity index (χ0v) is 13.7. The summed E-state index contributed by atoms with van der Waals surface area (Å²) >= 11 is 1.37. The van der Waals surface area contributed by atoms with E-state index in [2.05, 4.69) is 13.8 Å². The summed E-state index contributed by atoms with van der Waals surface area (Å²) in [5, 5.41) is 0.166. The van der Waals surface area contributed by atoms with Gasteiger partial charge in [0, 0.05) is 11.3 Å². The van der Waals surface area contributed by atoms with Crippen LogP contribution in [0.3, 0.4) is 0 Å². The minimum absolute atomic E-state index is 0.117. The van der Waals surface area contributed by atoms with Crippen LogP contribution in [0.2, 0.25) is 0 Å². The quantitative estimate of drug-likeness (QED) is 0.629. The maximum atomic E-state index is 12.3. The van der Waals surface area contributed by atoms with Gasteiger partial charge in [0.25, 0.3) is 0 Å². The Labute approximate surface area is 135 Å². The number of ether oxygens (including phenoxy) is 1. The molecule has 1 aliphatic carbocycles. The van der Waals surface area contributed by atoms with Crippen LogP contribution < -0.4 is 0 Å². The van der Waals surface area contributed by atoms with E-state index in [0.29, 0.717) is 6.61 Å². The van der Waals surface area contributed by atoms with Crippen LogP contribution in [0.4, 0.5) is 0 Å². The van der Waals surface area contributed by atoms with Crippen molar-refractivity contribution in [2.75, 3.05) is 5.75 Å². The second kappa shape index (κ2) is 5.92. The maximum Gasteiger partial charge on any atom is 0.310 e. The molecule has 0 aromatic heterocycles. The second-order valence-electron chi connectivity index (χ2n) is 6.50. The normalized spacial score (nSPS) is 27.9. The molecule has 2 atom stereocenters. The van der Waals surface area contributed by atoms with Gasteiger partial charge in [0.1, 0.15) is 6.61 Å². The van der Waals surface area contributed by atoms with E-state index in [1.807, 2.05) is 36.4 Å². The molecule has 4 heteroatoms. The fraction of sp³-hybridized carbons (Fsp3) is 0.444. The zero-order chi connectivity index (χ0) is 15.7. The molecule has 0 spiro atoms. The molecule has 2 fully saturated rings. The van der Waals surface area contributed by atoms with Crippen molar-refractivity contribution in [2.24, 2.45) is 17.3 Å². The van der Waals surface area contributed by atoms with Crippen LogP contribution in [0.5, 0.6) is 0 Å². The Morgan fingerprint density at radius 2 is 2.09 bits per heavy atom. The molecule has 22 heavy (non-hydrogen) atoms. The predicted molar refractivity (Wildman–Crippen MR) is 87.2 cm³/mol. The topological polar surface area (TPSA) is 43.4 Å². The van der Waals surface area contributed by atoms with Gasteiger partial charge in [-0.15, -0.1) is 0 Å². The molecule has 2 aliphatic rings. The van der Waals surface area contributed by atoms with E-state index in [1.165, 1.54) is 11.8 Å². The first-order chi connectivity index (χ1) is 10.5. The van der Waals surface area contributed by atoms with Gasteiger partial charge in [-0.25, -0.2) is 0 Å². The highest BCUT2D eigenvalue weighted by Crippen LogP contribution is 2.60. The van der Waals surface area contributed by atoms with E-state index in [0.717, 1.165) is 23.3 Å². The minimum atomic E-state index is -0.159. The molecule has 1 saturated carbocycles. The molecule has 3 rings (SSSR count). The van der Waals surface area contributed by atoms with Gasteiger partial charge in [-0.05, 0) is 23.3 Å². The number of esters is 1. The SMILES string of the molecule is CC1(C)[C@H](C(=O)OCc2ccccc2)[C@@H]1/C=C1\CCSC1=O. The van der Waals surface area contributed by atoms with Crippen molar-refractivity contribution in [3.8, 4) is 0 Å². The molecule has 1 heterocycles. The number of thioether (sulfide) groups is 1. The smallest absolute Gasteiger partial charge is 0.310 e. The molecule has 0 amide bonds. The minimum Gasteiger partial charge on any atom is -0.461 e. The molecule has 116 valence electrons. The van der Waals surface area contributed by atoms with Crippen molar-refractivity contribution in [2.45, 2.75) is 26.9 Å². The van der Waals surface area contributed by atoms with Gasteiger partial charge in [-0.1, -0.05) is 62.0 Å². The Balaban J connectivity index is 1.62. The highest BCUT2D eigenvalue weighted by molar-refractivity contribution is 8.14. The van der Waals surface area contributed by atoms with E-state index < -0.39 is 0 Å². The lowest BCUT2D eigenvalue weighted by molar-refractivity contribution is -0.147. The second-order valence-corrected chi connectivity index (χ2v) is 7.56. The molecule has 0 N–H and O–H groups in total. The summed E-state index contributed by atoms with van der Waals surface area (Å²) in [6.07, 6.45) is 2.83. The largest absolute Gasteiger partial charge is 0.461 e. The Kier molecular flexibility index (Phi) is 4.13. The lowest BCUT2D eigenvalue weighted by atomic mass is 10.1. The predicted octanol–water partition coefficient (Wildman–Crippen LogP) is 3.59. The Morgan fingerprint density at radius 1 is 1.36 bits per heavy atom. The molecule has 1 saturated heterocycles. The van der Waals surface area contributed by atoms with Crippen LogP contribution in [-0.4, -0.2) is 16.8 Å². The maximum absolute atomic E-state index is 12.3. The number of rotatable bonds is 4. The summed E-state index contributed by atoms with van der Waals surface area (Å²) in [5.41, 5.74) is 1.75. The van der Waals surface area contributed by atoms with Crippen molar-refractivity contribution in [3.05, 3.63) is 47.5 Å². The third kappa shape index (κ3) is 2.98. The van der Waals surface area contributed by atoms with Crippen LogP contribution in [0.15, 0.2) is 42.0 Å². The Hall–Kier alpha value is -1.55. The Bertz CT molecular complexity index is 618. The molecule has 0 radical (unpaired) electrons. The van der Waals surface area contributed by atoms with Crippen molar-refractivity contribution >= 4 is 22.8 Å². The molecule has 0 unspecified atom stereocenters. The molecule has 3 nitrogen and oxygen atoms in total. The van der Waals surface area contributed by atoms with Crippen LogP contribution in [0.25, 0.3) is 0 Å². The first-order valence-corrected chi connectivity index (χ1v) is 8.57. The molecular weight excluding hydrogens is 296 g/mol. The highest BCUT2D eigenvalue weighted by atomic mass is 32.2. The first-order valence-electron chi connectivity index (χ1n) is 7.58. The van der Waals surface area contributed by atoms with E-state index in [-0.39, 0.29) is 28.3 Å². The number of allylic oxidation sites excluding steroid dienone is 1. The van der Waals surface area contributed by atoms with Crippen molar-refractivity contribution < 1.29 is 14.3 Å². The summed E-state index contributed by atoms with van der Waals surface area (Å²) in [6, 6.07) is 9.69. The van der Waals surface area contributed by atoms with Gasteiger partial charge in [0.2, 0.25) is 5.12 Å². The molecule has 0 bridgehead atoms. The highest BCUT2D eigenvalue weighted by Gasteiger charge is 2.61.